The molecule has 0 bridgehead atoms. The third-order valence-corrected chi connectivity index (χ3v) is 3.47. The van der Waals surface area contributed by atoms with Crippen LogP contribution in [0.4, 0.5) is 5.69 Å². The summed E-state index contributed by atoms with van der Waals surface area (Å²) < 4.78 is 0.853. The van der Waals surface area contributed by atoms with Crippen LogP contribution in [-0.4, -0.2) is 17.8 Å². The van der Waals surface area contributed by atoms with Gasteiger partial charge in [0.15, 0.2) is 0 Å². The second-order valence-electron chi connectivity index (χ2n) is 3.40. The zero-order valence-electron chi connectivity index (χ0n) is 7.71. The van der Waals surface area contributed by atoms with Gasteiger partial charge in [0.1, 0.15) is 0 Å². The van der Waals surface area contributed by atoms with Crippen LogP contribution in [0.25, 0.3) is 0 Å². The molecule has 5 heteroatoms. The minimum atomic E-state index is -0.108. The van der Waals surface area contributed by atoms with E-state index in [0.717, 1.165) is 10.2 Å². The standard InChI is InChI=1S/C10H8BrCl2NO/c11-8-2-1-6(12)3-9(8)14-5-7(13)4-10(14)15/h1-3,7H,4-5H2. The molecule has 1 atom stereocenters. The van der Waals surface area contributed by atoms with E-state index in [-0.39, 0.29) is 11.3 Å². The minimum absolute atomic E-state index is 0.0398. The molecular formula is C10H8BrCl2NO. The van der Waals surface area contributed by atoms with Crippen molar-refractivity contribution >= 4 is 50.7 Å². The van der Waals surface area contributed by atoms with Crippen molar-refractivity contribution in [1.82, 2.24) is 0 Å². The molecule has 1 saturated heterocycles. The largest absolute Gasteiger partial charge is 0.310 e. The first-order valence-electron chi connectivity index (χ1n) is 4.47. The molecule has 1 unspecified atom stereocenters. The Bertz CT molecular complexity index is 410. The number of anilines is 1. The summed E-state index contributed by atoms with van der Waals surface area (Å²) in [6.45, 7) is 0.541. The molecule has 1 heterocycles. The molecule has 1 fully saturated rings. The van der Waals surface area contributed by atoms with Crippen molar-refractivity contribution in [2.75, 3.05) is 11.4 Å². The fraction of sp³-hybridized carbons (Fsp3) is 0.300. The fourth-order valence-corrected chi connectivity index (χ4v) is 2.49. The van der Waals surface area contributed by atoms with Crippen LogP contribution in [0.3, 0.4) is 0 Å². The van der Waals surface area contributed by atoms with Crippen molar-refractivity contribution in [2.24, 2.45) is 0 Å². The van der Waals surface area contributed by atoms with E-state index in [0.29, 0.717) is 18.0 Å². The van der Waals surface area contributed by atoms with Gasteiger partial charge in [0.05, 0.1) is 11.1 Å². The van der Waals surface area contributed by atoms with Crippen molar-refractivity contribution in [3.05, 3.63) is 27.7 Å². The van der Waals surface area contributed by atoms with Crippen molar-refractivity contribution in [2.45, 2.75) is 11.8 Å². The molecule has 0 spiro atoms. The summed E-state index contributed by atoms with van der Waals surface area (Å²) in [6.07, 6.45) is 0.389. The summed E-state index contributed by atoms with van der Waals surface area (Å²) >= 11 is 15.2. The SMILES string of the molecule is O=C1CC(Cl)CN1c1cc(Cl)ccc1Br. The van der Waals surface area contributed by atoms with Gasteiger partial charge in [0.25, 0.3) is 0 Å². The van der Waals surface area contributed by atoms with Gasteiger partial charge in [-0.05, 0) is 34.1 Å². The Morgan fingerprint density at radius 2 is 2.20 bits per heavy atom. The first kappa shape index (κ1) is 11.2. The summed E-state index contributed by atoms with van der Waals surface area (Å²) in [7, 11) is 0. The number of halogens is 3. The molecule has 1 aromatic rings. The highest BCUT2D eigenvalue weighted by atomic mass is 79.9. The Morgan fingerprint density at radius 3 is 2.80 bits per heavy atom. The Labute approximate surface area is 106 Å². The van der Waals surface area contributed by atoms with Gasteiger partial charge in [-0.2, -0.15) is 0 Å². The summed E-state index contributed by atoms with van der Waals surface area (Å²) in [5.41, 5.74) is 0.788. The van der Waals surface area contributed by atoms with Crippen LogP contribution in [0, 0.1) is 0 Å². The molecule has 0 aliphatic carbocycles. The molecule has 1 aromatic carbocycles. The van der Waals surface area contributed by atoms with E-state index >= 15 is 0 Å². The fourth-order valence-electron chi connectivity index (χ4n) is 1.59. The third-order valence-electron chi connectivity index (χ3n) is 2.28. The van der Waals surface area contributed by atoms with E-state index in [1.165, 1.54) is 0 Å². The number of alkyl halides is 1. The van der Waals surface area contributed by atoms with Gasteiger partial charge in [-0.25, -0.2) is 0 Å². The highest BCUT2D eigenvalue weighted by molar-refractivity contribution is 9.10. The summed E-state index contributed by atoms with van der Waals surface area (Å²) in [4.78, 5) is 13.3. The van der Waals surface area contributed by atoms with Crippen LogP contribution < -0.4 is 4.90 Å². The van der Waals surface area contributed by atoms with E-state index in [2.05, 4.69) is 15.9 Å². The molecule has 0 saturated carbocycles. The zero-order valence-corrected chi connectivity index (χ0v) is 10.8. The smallest absolute Gasteiger partial charge is 0.228 e. The summed E-state index contributed by atoms with van der Waals surface area (Å²) in [5.74, 6) is 0.0398. The number of hydrogen-bond acceptors (Lipinski definition) is 1. The second kappa shape index (κ2) is 4.32. The van der Waals surface area contributed by atoms with Crippen molar-refractivity contribution < 1.29 is 4.79 Å². The van der Waals surface area contributed by atoms with Crippen LogP contribution >= 0.6 is 39.1 Å². The number of carbonyl (C=O) groups excluding carboxylic acids is 1. The molecular weight excluding hydrogens is 301 g/mol. The Balaban J connectivity index is 2.37. The quantitative estimate of drug-likeness (QED) is 0.728. The molecule has 0 aromatic heterocycles. The van der Waals surface area contributed by atoms with E-state index < -0.39 is 0 Å². The maximum absolute atomic E-state index is 11.6. The van der Waals surface area contributed by atoms with Gasteiger partial charge in [-0.1, -0.05) is 11.6 Å². The molecule has 1 aliphatic heterocycles. The monoisotopic (exact) mass is 307 g/mol. The van der Waals surface area contributed by atoms with Gasteiger partial charge in [0, 0.05) is 22.5 Å². The van der Waals surface area contributed by atoms with Crippen LogP contribution in [0.5, 0.6) is 0 Å². The van der Waals surface area contributed by atoms with Crippen LogP contribution in [-0.2, 0) is 4.79 Å². The maximum Gasteiger partial charge on any atom is 0.228 e. The third kappa shape index (κ3) is 2.30. The summed E-state index contributed by atoms with van der Waals surface area (Å²) in [5, 5.41) is 0.502. The predicted molar refractivity (Wildman–Crippen MR) is 65.8 cm³/mol. The minimum Gasteiger partial charge on any atom is -0.310 e. The van der Waals surface area contributed by atoms with Crippen LogP contribution in [0.2, 0.25) is 5.02 Å². The second-order valence-corrected chi connectivity index (χ2v) is 5.31. The maximum atomic E-state index is 11.6. The average molecular weight is 309 g/mol. The highest BCUT2D eigenvalue weighted by Crippen LogP contribution is 2.33. The number of carbonyl (C=O) groups is 1. The lowest BCUT2D eigenvalue weighted by Crippen LogP contribution is -2.24. The Hall–Kier alpha value is -0.250. The number of benzene rings is 1. The summed E-state index contributed by atoms with van der Waals surface area (Å²) in [6, 6.07) is 5.36. The number of rotatable bonds is 1. The van der Waals surface area contributed by atoms with Gasteiger partial charge in [-0.3, -0.25) is 4.79 Å². The molecule has 0 radical (unpaired) electrons. The molecule has 2 rings (SSSR count). The Morgan fingerprint density at radius 1 is 1.47 bits per heavy atom. The molecule has 80 valence electrons. The normalized spacial score (nSPS) is 21.1. The van der Waals surface area contributed by atoms with Gasteiger partial charge >= 0.3 is 0 Å². The van der Waals surface area contributed by atoms with Crippen molar-refractivity contribution in [3.8, 4) is 0 Å². The average Bonchev–Trinajstić information content (AvgIpc) is 2.50. The number of amides is 1. The van der Waals surface area contributed by atoms with E-state index in [9.17, 15) is 4.79 Å². The van der Waals surface area contributed by atoms with Crippen LogP contribution in [0.15, 0.2) is 22.7 Å². The van der Waals surface area contributed by atoms with Crippen LogP contribution in [0.1, 0.15) is 6.42 Å². The zero-order chi connectivity index (χ0) is 11.0. The molecule has 2 nitrogen and oxygen atoms in total. The Kier molecular flexibility index (Phi) is 3.24. The van der Waals surface area contributed by atoms with Gasteiger partial charge in [-0.15, -0.1) is 11.6 Å². The van der Waals surface area contributed by atoms with Gasteiger partial charge < -0.3 is 4.90 Å². The lowest BCUT2D eigenvalue weighted by Gasteiger charge is -2.17. The molecule has 1 amide bonds. The lowest BCUT2D eigenvalue weighted by atomic mass is 10.3. The van der Waals surface area contributed by atoms with E-state index in [4.69, 9.17) is 23.2 Å². The number of nitrogens with zero attached hydrogens (tertiary/aromatic N) is 1. The number of hydrogen-bond donors (Lipinski definition) is 0. The predicted octanol–water partition coefficient (Wildman–Crippen LogP) is 3.45. The lowest BCUT2D eigenvalue weighted by molar-refractivity contribution is -0.117. The molecule has 15 heavy (non-hydrogen) atoms. The molecule has 0 N–H and O–H groups in total. The van der Waals surface area contributed by atoms with Crippen molar-refractivity contribution in [3.63, 3.8) is 0 Å². The molecule has 1 aliphatic rings. The van der Waals surface area contributed by atoms with E-state index in [1.54, 1.807) is 17.0 Å². The van der Waals surface area contributed by atoms with E-state index in [1.807, 2.05) is 6.07 Å². The van der Waals surface area contributed by atoms with Crippen molar-refractivity contribution in [1.29, 1.82) is 0 Å². The first-order valence-corrected chi connectivity index (χ1v) is 6.08. The topological polar surface area (TPSA) is 20.3 Å². The highest BCUT2D eigenvalue weighted by Gasteiger charge is 2.30. The van der Waals surface area contributed by atoms with Gasteiger partial charge in [0.2, 0.25) is 5.91 Å². The first-order chi connectivity index (χ1) is 7.08.